The van der Waals surface area contributed by atoms with Gasteiger partial charge in [-0.15, -0.1) is 0 Å². The quantitative estimate of drug-likeness (QED) is 0.556. The molecule has 1 atom stereocenters. The number of methoxy groups -OCH3 is 1. The van der Waals surface area contributed by atoms with E-state index in [0.717, 1.165) is 24.1 Å². The van der Waals surface area contributed by atoms with Crippen LogP contribution in [-0.2, 0) is 21.7 Å². The molecule has 162 valence electrons. The number of anilines is 2. The number of hydrogen-bond donors (Lipinski definition) is 1. The zero-order valence-electron chi connectivity index (χ0n) is 17.1. The predicted molar refractivity (Wildman–Crippen MR) is 117 cm³/mol. The Bertz CT molecular complexity index is 1030. The molecule has 2 aromatic carbocycles. The van der Waals surface area contributed by atoms with Crippen LogP contribution < -0.4 is 10.1 Å². The van der Waals surface area contributed by atoms with Crippen molar-refractivity contribution >= 4 is 22.8 Å². The molecule has 1 fully saturated rings. The highest BCUT2D eigenvalue weighted by Crippen LogP contribution is 2.28. The summed E-state index contributed by atoms with van der Waals surface area (Å²) in [6.45, 7) is 1.36. The molecule has 9 heteroatoms. The van der Waals surface area contributed by atoms with Gasteiger partial charge in [0.1, 0.15) is 28.9 Å². The number of rotatable bonds is 7. The molecule has 1 aromatic heterocycles. The Morgan fingerprint density at radius 1 is 1.19 bits per heavy atom. The molecular weight excluding hydrogens is 419 g/mol. The van der Waals surface area contributed by atoms with Gasteiger partial charge < -0.3 is 19.3 Å². The summed E-state index contributed by atoms with van der Waals surface area (Å²) in [5.74, 6) is 1.15. The summed E-state index contributed by atoms with van der Waals surface area (Å²) < 4.78 is 36.8. The standard InChI is InChI=1S/C22H23FN4O3S/c1-29-20-12-16(23)5-6-19(20)21-24-14-25-22(27-21)26-17-4-2-3-15(11-17)13-31(28)18-7-9-30-10-8-18/h2-6,11-12,14,18H,7-10,13H2,1H3,(H,24,25,26,27). The lowest BCUT2D eigenvalue weighted by molar-refractivity contribution is 0.0983. The molecule has 0 radical (unpaired) electrons. The zero-order chi connectivity index (χ0) is 21.6. The molecule has 7 nitrogen and oxygen atoms in total. The van der Waals surface area contributed by atoms with Crippen LogP contribution in [-0.4, -0.2) is 45.1 Å². The van der Waals surface area contributed by atoms with Crippen LogP contribution in [0.25, 0.3) is 11.4 Å². The second-order valence-electron chi connectivity index (χ2n) is 7.14. The van der Waals surface area contributed by atoms with Crippen molar-refractivity contribution < 1.29 is 18.4 Å². The Hall–Kier alpha value is -2.75. The van der Waals surface area contributed by atoms with E-state index in [0.29, 0.717) is 42.1 Å². The summed E-state index contributed by atoms with van der Waals surface area (Å²) in [7, 11) is 1.47. The van der Waals surface area contributed by atoms with Crippen molar-refractivity contribution in [2.24, 2.45) is 0 Å². The van der Waals surface area contributed by atoms with Crippen molar-refractivity contribution in [3.8, 4) is 17.1 Å². The van der Waals surface area contributed by atoms with E-state index in [1.807, 2.05) is 24.3 Å². The van der Waals surface area contributed by atoms with Crippen LogP contribution in [0.15, 0.2) is 48.8 Å². The Labute approximate surface area is 183 Å². The molecule has 1 N–H and O–H groups in total. The van der Waals surface area contributed by atoms with Gasteiger partial charge in [-0.2, -0.15) is 4.98 Å². The van der Waals surface area contributed by atoms with Crippen LogP contribution in [0.5, 0.6) is 5.75 Å². The average Bonchev–Trinajstić information content (AvgIpc) is 2.80. The van der Waals surface area contributed by atoms with Crippen LogP contribution in [0.1, 0.15) is 18.4 Å². The molecule has 0 amide bonds. The molecule has 3 aromatic rings. The monoisotopic (exact) mass is 442 g/mol. The fraction of sp³-hybridized carbons (Fsp3) is 0.318. The Balaban J connectivity index is 1.49. The van der Waals surface area contributed by atoms with E-state index in [9.17, 15) is 8.94 Å². The van der Waals surface area contributed by atoms with Crippen LogP contribution in [0.2, 0.25) is 0 Å². The number of benzene rings is 2. The Morgan fingerprint density at radius 2 is 2.03 bits per heavy atom. The maximum Gasteiger partial charge on any atom is 0.230 e. The van der Waals surface area contributed by atoms with Crippen LogP contribution in [0.4, 0.5) is 16.0 Å². The lowest BCUT2D eigenvalue weighted by Crippen LogP contribution is -2.29. The fourth-order valence-corrected chi connectivity index (χ4v) is 4.89. The minimum atomic E-state index is -0.940. The van der Waals surface area contributed by atoms with Gasteiger partial charge in [0.25, 0.3) is 0 Å². The molecule has 0 spiro atoms. The average molecular weight is 443 g/mol. The van der Waals surface area contributed by atoms with E-state index in [1.165, 1.54) is 25.6 Å². The lowest BCUT2D eigenvalue weighted by atomic mass is 10.2. The van der Waals surface area contributed by atoms with Gasteiger partial charge in [0, 0.05) is 30.2 Å². The highest BCUT2D eigenvalue weighted by atomic mass is 32.2. The number of ether oxygens (including phenoxy) is 2. The molecule has 1 saturated heterocycles. The topological polar surface area (TPSA) is 92.2 Å². The first-order valence-electron chi connectivity index (χ1n) is 9.96. The molecule has 0 aliphatic carbocycles. The van der Waals surface area contributed by atoms with Crippen molar-refractivity contribution in [1.82, 2.24) is 15.0 Å². The second kappa shape index (κ2) is 10.0. The number of halogens is 1. The molecule has 1 aliphatic rings. The van der Waals surface area contributed by atoms with Crippen LogP contribution in [0.3, 0.4) is 0 Å². The van der Waals surface area contributed by atoms with Crippen molar-refractivity contribution in [2.75, 3.05) is 25.6 Å². The minimum Gasteiger partial charge on any atom is -0.616 e. The lowest BCUT2D eigenvalue weighted by Gasteiger charge is -2.25. The van der Waals surface area contributed by atoms with Gasteiger partial charge >= 0.3 is 0 Å². The van der Waals surface area contributed by atoms with E-state index in [4.69, 9.17) is 9.47 Å². The largest absolute Gasteiger partial charge is 0.616 e. The second-order valence-corrected chi connectivity index (χ2v) is 8.86. The third-order valence-corrected chi connectivity index (χ3v) is 6.84. The number of nitrogens with one attached hydrogen (secondary N) is 1. The van der Waals surface area contributed by atoms with Crippen molar-refractivity contribution in [1.29, 1.82) is 0 Å². The third kappa shape index (κ3) is 5.49. The maximum absolute atomic E-state index is 13.5. The maximum atomic E-state index is 13.5. The molecule has 0 saturated carbocycles. The van der Waals surface area contributed by atoms with Gasteiger partial charge in [0.05, 0.1) is 25.9 Å². The van der Waals surface area contributed by atoms with Gasteiger partial charge in [-0.05, 0) is 35.4 Å². The zero-order valence-corrected chi connectivity index (χ0v) is 17.9. The van der Waals surface area contributed by atoms with Crippen molar-refractivity contribution in [3.63, 3.8) is 0 Å². The van der Waals surface area contributed by atoms with E-state index in [2.05, 4.69) is 20.3 Å². The van der Waals surface area contributed by atoms with Gasteiger partial charge in [0.15, 0.2) is 5.82 Å². The fourth-order valence-electron chi connectivity index (χ4n) is 3.43. The summed E-state index contributed by atoms with van der Waals surface area (Å²) in [6, 6.07) is 11.9. The van der Waals surface area contributed by atoms with E-state index >= 15 is 0 Å². The third-order valence-electron chi connectivity index (χ3n) is 5.01. The van der Waals surface area contributed by atoms with E-state index in [1.54, 1.807) is 6.07 Å². The highest BCUT2D eigenvalue weighted by Gasteiger charge is 2.25. The molecular formula is C22H23FN4O3S. The molecule has 31 heavy (non-hydrogen) atoms. The molecule has 0 bridgehead atoms. The molecule has 4 rings (SSSR count). The molecule has 1 aliphatic heterocycles. The normalized spacial score (nSPS) is 15.5. The van der Waals surface area contributed by atoms with Crippen LogP contribution in [0, 0.1) is 5.82 Å². The number of nitrogens with zero attached hydrogens (tertiary/aromatic N) is 3. The summed E-state index contributed by atoms with van der Waals surface area (Å²) in [5, 5.41) is 3.34. The Kier molecular flexibility index (Phi) is 6.96. The van der Waals surface area contributed by atoms with Crippen molar-refractivity contribution in [2.45, 2.75) is 23.8 Å². The summed E-state index contributed by atoms with van der Waals surface area (Å²) in [5.41, 5.74) is 2.32. The SMILES string of the molecule is COc1cc(F)ccc1-c1ncnc(Nc2cccc(C[S+]([O-])C3CCOCC3)c2)n1. The van der Waals surface area contributed by atoms with Gasteiger partial charge in [-0.3, -0.25) is 0 Å². The van der Waals surface area contributed by atoms with E-state index < -0.39 is 17.0 Å². The minimum absolute atomic E-state index is 0.183. The summed E-state index contributed by atoms with van der Waals surface area (Å²) >= 11 is -0.940. The van der Waals surface area contributed by atoms with Gasteiger partial charge in [0.2, 0.25) is 5.95 Å². The highest BCUT2D eigenvalue weighted by molar-refractivity contribution is 7.91. The summed E-state index contributed by atoms with van der Waals surface area (Å²) in [4.78, 5) is 12.8. The number of hydrogen-bond acceptors (Lipinski definition) is 7. The van der Waals surface area contributed by atoms with Crippen LogP contribution >= 0.6 is 0 Å². The molecule has 1 unspecified atom stereocenters. The van der Waals surface area contributed by atoms with Crippen molar-refractivity contribution in [3.05, 3.63) is 60.2 Å². The predicted octanol–water partition coefficient (Wildman–Crippen LogP) is 3.86. The first-order chi connectivity index (χ1) is 15.1. The first kappa shape index (κ1) is 21.5. The van der Waals surface area contributed by atoms with Gasteiger partial charge in [-0.1, -0.05) is 12.1 Å². The van der Waals surface area contributed by atoms with Gasteiger partial charge in [-0.25, -0.2) is 14.4 Å². The Morgan fingerprint density at radius 3 is 2.84 bits per heavy atom. The van der Waals surface area contributed by atoms with E-state index in [-0.39, 0.29) is 5.25 Å². The smallest absolute Gasteiger partial charge is 0.230 e. The first-order valence-corrected chi connectivity index (χ1v) is 11.3. The summed E-state index contributed by atoms with van der Waals surface area (Å²) in [6.07, 6.45) is 3.06. The molecule has 2 heterocycles. The number of aromatic nitrogens is 3.